The number of aliphatic imine (C=N–C) groups is 1. The monoisotopic (exact) mass is 734 g/mol. The second-order valence-electron chi connectivity index (χ2n) is 11.5. The van der Waals surface area contributed by atoms with Crippen LogP contribution in [-0.2, 0) is 36.8 Å². The van der Waals surface area contributed by atoms with Crippen molar-refractivity contribution in [1.82, 2.24) is 26.6 Å². The predicted molar refractivity (Wildman–Crippen MR) is 194 cm³/mol. The quantitative estimate of drug-likeness (QED) is 0.0408. The van der Waals surface area contributed by atoms with Crippen molar-refractivity contribution in [2.75, 3.05) is 32.7 Å². The second-order valence-corrected chi connectivity index (χ2v) is 12.4. The molecule has 17 heteroatoms. The molecule has 0 saturated carbocycles. The third-order valence-electron chi connectivity index (χ3n) is 7.44. The maximum absolute atomic E-state index is 13.6. The number of halogens is 2. The highest BCUT2D eigenvalue weighted by Crippen LogP contribution is 2.21. The molecule has 0 aromatic heterocycles. The zero-order valence-corrected chi connectivity index (χ0v) is 29.4. The Hall–Kier alpha value is -4.44. The van der Waals surface area contributed by atoms with E-state index in [-0.39, 0.29) is 38.3 Å². The Morgan fingerprint density at radius 2 is 1.44 bits per heavy atom. The fourth-order valence-electron chi connectivity index (χ4n) is 4.79. The van der Waals surface area contributed by atoms with Crippen molar-refractivity contribution in [2.24, 2.45) is 27.9 Å². The van der Waals surface area contributed by atoms with E-state index in [0.717, 1.165) is 11.1 Å². The maximum Gasteiger partial charge on any atom is 0.243 e. The molecule has 0 spiro atoms. The summed E-state index contributed by atoms with van der Waals surface area (Å²) in [4.78, 5) is 68.3. The smallest absolute Gasteiger partial charge is 0.243 e. The number of guanidine groups is 1. The molecule has 3 unspecified atom stereocenters. The molecule has 0 bridgehead atoms. The highest BCUT2D eigenvalue weighted by molar-refractivity contribution is 6.35. The summed E-state index contributed by atoms with van der Waals surface area (Å²) in [6.07, 6.45) is 2.54. The molecule has 0 aliphatic rings. The minimum atomic E-state index is -1.12. The van der Waals surface area contributed by atoms with Crippen LogP contribution >= 0.6 is 23.2 Å². The molecular weight excluding hydrogens is 687 g/mol. The van der Waals surface area contributed by atoms with E-state index in [1.807, 2.05) is 12.1 Å². The van der Waals surface area contributed by atoms with Gasteiger partial charge in [-0.2, -0.15) is 0 Å². The van der Waals surface area contributed by atoms with Crippen molar-refractivity contribution in [3.63, 3.8) is 0 Å². The van der Waals surface area contributed by atoms with Gasteiger partial charge in [-0.1, -0.05) is 59.6 Å². The Labute approximate surface area is 302 Å². The minimum absolute atomic E-state index is 0.0540. The van der Waals surface area contributed by atoms with E-state index in [1.165, 1.54) is 0 Å². The van der Waals surface area contributed by atoms with Crippen molar-refractivity contribution in [3.05, 3.63) is 69.7 Å². The summed E-state index contributed by atoms with van der Waals surface area (Å²) in [6.45, 7) is 0.605. The lowest BCUT2D eigenvalue weighted by molar-refractivity contribution is -0.133. The number of nitrogens with zero attached hydrogens (tertiary/aromatic N) is 1. The SMILES string of the molecule is NCCCCC(NC(=O)C(CCCN=C(N)N)NC(=O)C(Cc1ccccc1)NC(=O)CNC(=O)CNCCc1ccc(Cl)cc1Cl)C(N)=O. The number of nitrogens with one attached hydrogen (secondary N) is 5. The van der Waals surface area contributed by atoms with Gasteiger partial charge in [0.25, 0.3) is 0 Å². The fraction of sp³-hybridized carbons (Fsp3) is 0.455. The number of unbranched alkanes of at least 4 members (excludes halogenated alkanes) is 1. The first kappa shape index (κ1) is 41.7. The molecule has 2 aromatic carbocycles. The zero-order chi connectivity index (χ0) is 36.9. The molecule has 50 heavy (non-hydrogen) atoms. The first-order valence-electron chi connectivity index (χ1n) is 16.3. The number of benzene rings is 2. The van der Waals surface area contributed by atoms with E-state index < -0.39 is 54.2 Å². The van der Waals surface area contributed by atoms with E-state index >= 15 is 0 Å². The van der Waals surface area contributed by atoms with Crippen molar-refractivity contribution in [1.29, 1.82) is 0 Å². The van der Waals surface area contributed by atoms with Crippen LogP contribution < -0.4 is 49.5 Å². The van der Waals surface area contributed by atoms with Crippen molar-refractivity contribution >= 4 is 58.7 Å². The summed E-state index contributed by atoms with van der Waals surface area (Å²) in [5, 5.41) is 14.5. The summed E-state index contributed by atoms with van der Waals surface area (Å²) >= 11 is 12.1. The molecule has 0 aliphatic carbocycles. The number of nitrogens with two attached hydrogens (primary N) is 4. The van der Waals surface area contributed by atoms with E-state index in [1.54, 1.807) is 36.4 Å². The van der Waals surface area contributed by atoms with Crippen LogP contribution in [0.1, 0.15) is 43.2 Å². The summed E-state index contributed by atoms with van der Waals surface area (Å²) < 4.78 is 0. The summed E-state index contributed by atoms with van der Waals surface area (Å²) in [7, 11) is 0. The number of amides is 5. The van der Waals surface area contributed by atoms with Gasteiger partial charge in [-0.25, -0.2) is 0 Å². The molecule has 5 amide bonds. The molecular formula is C33H48Cl2N10O5. The highest BCUT2D eigenvalue weighted by Gasteiger charge is 2.29. The van der Waals surface area contributed by atoms with E-state index in [0.29, 0.717) is 48.8 Å². The fourth-order valence-corrected chi connectivity index (χ4v) is 5.29. The average Bonchev–Trinajstić information content (AvgIpc) is 3.07. The van der Waals surface area contributed by atoms with E-state index in [9.17, 15) is 24.0 Å². The molecule has 0 heterocycles. The zero-order valence-electron chi connectivity index (χ0n) is 27.9. The minimum Gasteiger partial charge on any atom is -0.370 e. The van der Waals surface area contributed by atoms with Gasteiger partial charge in [0.2, 0.25) is 29.5 Å². The van der Waals surface area contributed by atoms with Gasteiger partial charge in [0.1, 0.15) is 18.1 Å². The Balaban J connectivity index is 2.05. The van der Waals surface area contributed by atoms with Crippen LogP contribution in [0.25, 0.3) is 0 Å². The van der Waals surface area contributed by atoms with Gasteiger partial charge < -0.3 is 49.5 Å². The average molecular weight is 736 g/mol. The van der Waals surface area contributed by atoms with Gasteiger partial charge in [-0.15, -0.1) is 0 Å². The number of rotatable bonds is 23. The van der Waals surface area contributed by atoms with Gasteiger partial charge in [0.05, 0.1) is 13.1 Å². The number of primary amides is 1. The standard InChI is InChI=1S/C33H48Cl2N10O5/c34-23-12-11-22(24(35)18-23)13-16-40-19-28(46)42-20-29(47)43-27(17-21-7-2-1-3-8-21)32(50)45-26(10-6-15-41-33(38)39)31(49)44-25(30(37)48)9-4-5-14-36/h1-3,7-8,11-12,18,25-27,40H,4-6,9-10,13-17,19-20,36H2,(H2,37,48)(H,42,46)(H,43,47)(H,44,49)(H,45,50)(H4,38,39,41). The Kier molecular flexibility index (Phi) is 19.2. The Morgan fingerprint density at radius 1 is 0.760 bits per heavy atom. The number of hydrogen-bond donors (Lipinski definition) is 9. The lowest BCUT2D eigenvalue weighted by Crippen LogP contribution is -2.57. The van der Waals surface area contributed by atoms with E-state index in [2.05, 4.69) is 31.6 Å². The lowest BCUT2D eigenvalue weighted by atomic mass is 10.0. The van der Waals surface area contributed by atoms with Gasteiger partial charge in [0, 0.05) is 23.0 Å². The van der Waals surface area contributed by atoms with Crippen LogP contribution in [0.15, 0.2) is 53.5 Å². The van der Waals surface area contributed by atoms with Gasteiger partial charge in [0.15, 0.2) is 5.96 Å². The van der Waals surface area contributed by atoms with Crippen molar-refractivity contribution < 1.29 is 24.0 Å². The third kappa shape index (κ3) is 16.8. The molecule has 0 aliphatic heterocycles. The summed E-state index contributed by atoms with van der Waals surface area (Å²) in [5.41, 5.74) is 23.5. The molecule has 0 radical (unpaired) electrons. The second kappa shape index (κ2) is 23.1. The largest absolute Gasteiger partial charge is 0.370 e. The summed E-state index contributed by atoms with van der Waals surface area (Å²) in [5.74, 6) is -3.19. The van der Waals surface area contributed by atoms with Gasteiger partial charge >= 0.3 is 0 Å². The molecule has 13 N–H and O–H groups in total. The predicted octanol–water partition coefficient (Wildman–Crippen LogP) is -0.393. The molecule has 2 rings (SSSR count). The number of carbonyl (C=O) groups is 5. The van der Waals surface area contributed by atoms with E-state index in [4.69, 9.17) is 46.1 Å². The van der Waals surface area contributed by atoms with Gasteiger partial charge in [-0.05, 0) is 74.9 Å². The Morgan fingerprint density at radius 3 is 2.10 bits per heavy atom. The van der Waals surface area contributed by atoms with Crippen LogP contribution in [0.2, 0.25) is 10.0 Å². The number of carbonyl (C=O) groups excluding carboxylic acids is 5. The first-order chi connectivity index (χ1) is 23.9. The van der Waals surface area contributed by atoms with Crippen LogP contribution in [0, 0.1) is 0 Å². The van der Waals surface area contributed by atoms with Crippen LogP contribution in [0.4, 0.5) is 0 Å². The van der Waals surface area contributed by atoms with Crippen LogP contribution in [0.3, 0.4) is 0 Å². The van der Waals surface area contributed by atoms with Crippen molar-refractivity contribution in [2.45, 2.75) is 63.1 Å². The molecule has 0 fully saturated rings. The topological polar surface area (TPSA) is 262 Å². The molecule has 2 aromatic rings. The van der Waals surface area contributed by atoms with Gasteiger partial charge in [-0.3, -0.25) is 29.0 Å². The molecule has 274 valence electrons. The first-order valence-corrected chi connectivity index (χ1v) is 17.0. The van der Waals surface area contributed by atoms with Crippen LogP contribution in [0.5, 0.6) is 0 Å². The van der Waals surface area contributed by atoms with Crippen molar-refractivity contribution in [3.8, 4) is 0 Å². The lowest BCUT2D eigenvalue weighted by Gasteiger charge is -2.25. The normalized spacial score (nSPS) is 12.5. The maximum atomic E-state index is 13.6. The Bertz CT molecular complexity index is 1440. The molecule has 15 nitrogen and oxygen atoms in total. The van der Waals surface area contributed by atoms with Crippen LogP contribution in [-0.4, -0.2) is 86.3 Å². The molecule has 0 saturated heterocycles. The third-order valence-corrected chi connectivity index (χ3v) is 8.02. The highest BCUT2D eigenvalue weighted by atomic mass is 35.5. The molecule has 3 atom stereocenters. The summed E-state index contributed by atoms with van der Waals surface area (Å²) in [6, 6.07) is 10.9. The number of hydrogen-bond acceptors (Lipinski definition) is 8.